The number of nitro groups is 1. The van der Waals surface area contributed by atoms with Gasteiger partial charge in [0.1, 0.15) is 4.47 Å². The van der Waals surface area contributed by atoms with Crippen molar-refractivity contribution < 1.29 is 4.92 Å². The van der Waals surface area contributed by atoms with Gasteiger partial charge >= 0.3 is 0 Å². The van der Waals surface area contributed by atoms with E-state index >= 15 is 0 Å². The summed E-state index contributed by atoms with van der Waals surface area (Å²) in [6.45, 7) is 5.67. The number of aromatic nitrogens is 1. The van der Waals surface area contributed by atoms with Crippen LogP contribution in [0, 0.1) is 10.1 Å². The minimum atomic E-state index is -0.370. The van der Waals surface area contributed by atoms with Crippen LogP contribution in [0.4, 0.5) is 5.69 Å². The van der Waals surface area contributed by atoms with Crippen molar-refractivity contribution in [3.8, 4) is 0 Å². The number of hydrogen-bond acceptors (Lipinski definition) is 3. The molecule has 0 fully saturated rings. The molecule has 1 N–H and O–H groups in total. The van der Waals surface area contributed by atoms with Crippen LogP contribution in [0.2, 0.25) is 0 Å². The molecule has 21 heavy (non-hydrogen) atoms. The van der Waals surface area contributed by atoms with Crippen molar-refractivity contribution in [2.45, 2.75) is 26.4 Å². The lowest BCUT2D eigenvalue weighted by Gasteiger charge is -2.17. The first-order valence-corrected chi connectivity index (χ1v) is 7.64. The molecule has 0 spiro atoms. The van der Waals surface area contributed by atoms with Gasteiger partial charge in [-0.15, -0.1) is 0 Å². The molecule has 5 nitrogen and oxygen atoms in total. The van der Waals surface area contributed by atoms with E-state index in [-0.39, 0.29) is 16.7 Å². The Morgan fingerprint density at radius 1 is 1.38 bits per heavy atom. The van der Waals surface area contributed by atoms with Gasteiger partial charge < -0.3 is 9.88 Å². The minimum Gasteiger partial charge on any atom is -0.346 e. The van der Waals surface area contributed by atoms with Crippen LogP contribution in [0.5, 0.6) is 0 Å². The minimum absolute atomic E-state index is 0.0981. The number of halogens is 1. The van der Waals surface area contributed by atoms with Gasteiger partial charge in [0, 0.05) is 30.5 Å². The molecular weight excluding hydrogens is 334 g/mol. The average molecular weight is 352 g/mol. The van der Waals surface area contributed by atoms with Crippen LogP contribution < -0.4 is 5.32 Å². The summed E-state index contributed by atoms with van der Waals surface area (Å²) in [5, 5.41) is 14.4. The molecule has 6 heteroatoms. The molecule has 0 saturated heterocycles. The molecule has 0 aliphatic heterocycles. The van der Waals surface area contributed by atoms with Crippen molar-refractivity contribution in [3.63, 3.8) is 0 Å². The van der Waals surface area contributed by atoms with Gasteiger partial charge in [0.25, 0.3) is 5.69 Å². The van der Waals surface area contributed by atoms with Crippen LogP contribution in [0.1, 0.15) is 31.1 Å². The second-order valence-electron chi connectivity index (χ2n) is 4.85. The van der Waals surface area contributed by atoms with E-state index in [2.05, 4.69) is 45.7 Å². The topological polar surface area (TPSA) is 60.1 Å². The van der Waals surface area contributed by atoms with Gasteiger partial charge in [0.05, 0.1) is 4.92 Å². The zero-order valence-corrected chi connectivity index (χ0v) is 13.6. The van der Waals surface area contributed by atoms with E-state index in [4.69, 9.17) is 0 Å². The predicted octanol–water partition coefficient (Wildman–Crippen LogP) is 3.88. The number of nitro benzene ring substituents is 1. The molecule has 1 aromatic heterocycles. The number of nitrogens with zero attached hydrogens (tertiary/aromatic N) is 2. The molecule has 112 valence electrons. The fourth-order valence-corrected chi connectivity index (χ4v) is 2.92. The zero-order valence-electron chi connectivity index (χ0n) is 12.0. The van der Waals surface area contributed by atoms with Gasteiger partial charge in [0.2, 0.25) is 0 Å². The highest BCUT2D eigenvalue weighted by Gasteiger charge is 2.16. The van der Waals surface area contributed by atoms with Crippen LogP contribution in [-0.2, 0) is 6.54 Å². The maximum atomic E-state index is 11.0. The number of hydrogen-bond donors (Lipinski definition) is 1. The van der Waals surface area contributed by atoms with Gasteiger partial charge in [-0.25, -0.2) is 0 Å². The van der Waals surface area contributed by atoms with Crippen LogP contribution in [0.25, 0.3) is 0 Å². The molecule has 1 aromatic carbocycles. The first-order valence-electron chi connectivity index (χ1n) is 6.84. The van der Waals surface area contributed by atoms with Crippen molar-refractivity contribution >= 4 is 21.6 Å². The first-order chi connectivity index (χ1) is 10.0. The third-order valence-corrected chi connectivity index (χ3v) is 4.33. The van der Waals surface area contributed by atoms with Crippen LogP contribution in [-0.4, -0.2) is 16.0 Å². The Labute approximate surface area is 132 Å². The Bertz CT molecular complexity index is 640. The Kier molecular flexibility index (Phi) is 5.14. The van der Waals surface area contributed by atoms with E-state index in [1.54, 1.807) is 6.07 Å². The third-order valence-electron chi connectivity index (χ3n) is 3.41. The summed E-state index contributed by atoms with van der Waals surface area (Å²) in [6.07, 6.45) is 1.99. The van der Waals surface area contributed by atoms with E-state index in [0.29, 0.717) is 11.0 Å². The third kappa shape index (κ3) is 3.51. The van der Waals surface area contributed by atoms with E-state index < -0.39 is 0 Å². The van der Waals surface area contributed by atoms with Crippen molar-refractivity contribution in [1.29, 1.82) is 0 Å². The van der Waals surface area contributed by atoms with Gasteiger partial charge in [-0.1, -0.05) is 19.1 Å². The van der Waals surface area contributed by atoms with E-state index in [1.165, 1.54) is 6.07 Å². The van der Waals surface area contributed by atoms with E-state index in [1.807, 2.05) is 18.3 Å². The smallest absolute Gasteiger partial charge is 0.283 e. The van der Waals surface area contributed by atoms with Gasteiger partial charge in [-0.2, -0.15) is 0 Å². The molecular formula is C15H18BrN3O2. The monoisotopic (exact) mass is 351 g/mol. The Hall–Kier alpha value is -1.66. The standard InChI is InChI=1S/C15H18BrN3O2/c1-3-17-11(2)13-8-5-9-18(13)10-12-6-4-7-14(15(12)16)19(20)21/h4-9,11,17H,3,10H2,1-2H3. The lowest BCUT2D eigenvalue weighted by Crippen LogP contribution is -2.20. The fraction of sp³-hybridized carbons (Fsp3) is 0.333. The lowest BCUT2D eigenvalue weighted by molar-refractivity contribution is -0.385. The maximum absolute atomic E-state index is 11.0. The SMILES string of the molecule is CCNC(C)c1cccn1Cc1cccc([N+](=O)[O-])c1Br. The van der Waals surface area contributed by atoms with Crippen molar-refractivity contribution in [3.05, 3.63) is 62.4 Å². The van der Waals surface area contributed by atoms with Crippen LogP contribution in [0.3, 0.4) is 0 Å². The highest BCUT2D eigenvalue weighted by atomic mass is 79.9. The first kappa shape index (κ1) is 15.7. The molecule has 0 aliphatic rings. The summed E-state index contributed by atoms with van der Waals surface area (Å²) in [5.41, 5.74) is 2.15. The highest BCUT2D eigenvalue weighted by Crippen LogP contribution is 2.29. The van der Waals surface area contributed by atoms with E-state index in [9.17, 15) is 10.1 Å². The molecule has 0 amide bonds. The van der Waals surface area contributed by atoms with Crippen molar-refractivity contribution in [2.75, 3.05) is 6.54 Å². The Morgan fingerprint density at radius 2 is 2.14 bits per heavy atom. The lowest BCUT2D eigenvalue weighted by atomic mass is 10.2. The second kappa shape index (κ2) is 6.87. The summed E-state index contributed by atoms with van der Waals surface area (Å²) < 4.78 is 2.66. The zero-order chi connectivity index (χ0) is 15.4. The normalized spacial score (nSPS) is 12.3. The summed E-state index contributed by atoms with van der Waals surface area (Å²) in [5.74, 6) is 0. The average Bonchev–Trinajstić information content (AvgIpc) is 2.89. The quantitative estimate of drug-likeness (QED) is 0.634. The molecule has 2 aromatic rings. The van der Waals surface area contributed by atoms with Gasteiger partial charge in [0.15, 0.2) is 0 Å². The fourth-order valence-electron chi connectivity index (χ4n) is 2.39. The Balaban J connectivity index is 2.29. The molecule has 0 radical (unpaired) electrons. The summed E-state index contributed by atoms with van der Waals surface area (Å²) in [6, 6.07) is 9.43. The summed E-state index contributed by atoms with van der Waals surface area (Å²) in [7, 11) is 0. The molecule has 0 bridgehead atoms. The molecule has 1 heterocycles. The van der Waals surface area contributed by atoms with Crippen molar-refractivity contribution in [2.24, 2.45) is 0 Å². The molecule has 1 unspecified atom stereocenters. The van der Waals surface area contributed by atoms with E-state index in [0.717, 1.165) is 17.8 Å². The second-order valence-corrected chi connectivity index (χ2v) is 5.64. The summed E-state index contributed by atoms with van der Waals surface area (Å²) >= 11 is 3.35. The molecule has 0 aliphatic carbocycles. The summed E-state index contributed by atoms with van der Waals surface area (Å²) in [4.78, 5) is 10.6. The van der Waals surface area contributed by atoms with Crippen molar-refractivity contribution in [1.82, 2.24) is 9.88 Å². The largest absolute Gasteiger partial charge is 0.346 e. The molecule has 1 atom stereocenters. The number of benzene rings is 1. The van der Waals surface area contributed by atoms with Gasteiger partial charge in [-0.3, -0.25) is 10.1 Å². The van der Waals surface area contributed by atoms with Crippen LogP contribution >= 0.6 is 15.9 Å². The van der Waals surface area contributed by atoms with Gasteiger partial charge in [-0.05, 0) is 47.1 Å². The predicted molar refractivity (Wildman–Crippen MR) is 86.4 cm³/mol. The van der Waals surface area contributed by atoms with Crippen LogP contribution in [0.15, 0.2) is 41.0 Å². The molecule has 2 rings (SSSR count). The maximum Gasteiger partial charge on any atom is 0.283 e. The number of nitrogens with one attached hydrogen (secondary N) is 1. The number of rotatable bonds is 6. The Morgan fingerprint density at radius 3 is 2.81 bits per heavy atom. The molecule has 0 saturated carbocycles. The highest BCUT2D eigenvalue weighted by molar-refractivity contribution is 9.10.